The van der Waals surface area contributed by atoms with Crippen LogP contribution in [0, 0.1) is 0 Å². The smallest absolute Gasteiger partial charge is 0.243 e. The molecule has 6 heteroatoms. The Morgan fingerprint density at radius 2 is 1.95 bits per heavy atom. The molecule has 0 heterocycles. The van der Waals surface area contributed by atoms with Crippen LogP contribution in [-0.2, 0) is 21.3 Å². The zero-order chi connectivity index (χ0) is 15.0. The van der Waals surface area contributed by atoms with Crippen LogP contribution in [-0.4, -0.2) is 46.1 Å². The van der Waals surface area contributed by atoms with Gasteiger partial charge >= 0.3 is 0 Å². The van der Waals surface area contributed by atoms with Gasteiger partial charge in [-0.25, -0.2) is 8.42 Å². The molecule has 0 unspecified atom stereocenters. The summed E-state index contributed by atoms with van der Waals surface area (Å²) in [5.74, 6) is 0. The first kappa shape index (κ1) is 17.1. The van der Waals surface area contributed by atoms with E-state index in [-0.39, 0.29) is 0 Å². The van der Waals surface area contributed by atoms with Crippen molar-refractivity contribution in [3.05, 3.63) is 29.8 Å². The van der Waals surface area contributed by atoms with Gasteiger partial charge in [0.15, 0.2) is 0 Å². The number of nitrogens with zero attached hydrogens (tertiary/aromatic N) is 1. The molecule has 0 aromatic heterocycles. The van der Waals surface area contributed by atoms with Gasteiger partial charge in [-0.15, -0.1) is 0 Å². The van der Waals surface area contributed by atoms with Crippen LogP contribution >= 0.6 is 0 Å². The molecule has 0 saturated carbocycles. The SMILES string of the molecule is CCOCCN(CC)S(=O)(=O)c1ccccc1CNC. The van der Waals surface area contributed by atoms with E-state index in [4.69, 9.17) is 4.74 Å². The van der Waals surface area contributed by atoms with E-state index >= 15 is 0 Å². The standard InChI is InChI=1S/C14H24N2O3S/c1-4-16(10-11-19-5-2)20(17,18)14-9-7-6-8-13(14)12-15-3/h6-9,15H,4-5,10-12H2,1-3H3. The Morgan fingerprint density at radius 1 is 1.25 bits per heavy atom. The van der Waals surface area contributed by atoms with E-state index in [1.165, 1.54) is 4.31 Å². The van der Waals surface area contributed by atoms with Crippen LogP contribution in [0.25, 0.3) is 0 Å². The summed E-state index contributed by atoms with van der Waals surface area (Å²) in [6.07, 6.45) is 0. The van der Waals surface area contributed by atoms with Gasteiger partial charge in [-0.05, 0) is 25.6 Å². The van der Waals surface area contributed by atoms with Crippen LogP contribution in [0.2, 0.25) is 0 Å². The van der Waals surface area contributed by atoms with Gasteiger partial charge in [-0.3, -0.25) is 0 Å². The predicted octanol–water partition coefficient (Wildman–Crippen LogP) is 1.45. The molecule has 0 fully saturated rings. The Kier molecular flexibility index (Phi) is 7.15. The third kappa shape index (κ3) is 4.28. The van der Waals surface area contributed by atoms with Gasteiger partial charge in [-0.2, -0.15) is 4.31 Å². The Bertz CT molecular complexity index is 503. The molecule has 1 rings (SSSR count). The molecule has 0 bridgehead atoms. The number of hydrogen-bond donors (Lipinski definition) is 1. The fourth-order valence-electron chi connectivity index (χ4n) is 1.99. The molecule has 0 spiro atoms. The van der Waals surface area contributed by atoms with E-state index in [0.29, 0.717) is 37.7 Å². The predicted molar refractivity (Wildman–Crippen MR) is 80.1 cm³/mol. The molecular formula is C14H24N2O3S. The van der Waals surface area contributed by atoms with Gasteiger partial charge in [0.2, 0.25) is 10.0 Å². The van der Waals surface area contributed by atoms with Crippen LogP contribution < -0.4 is 5.32 Å². The Hall–Kier alpha value is -0.950. The Morgan fingerprint density at radius 3 is 2.55 bits per heavy atom. The van der Waals surface area contributed by atoms with E-state index in [1.54, 1.807) is 19.2 Å². The summed E-state index contributed by atoms with van der Waals surface area (Å²) in [5.41, 5.74) is 0.782. The maximum Gasteiger partial charge on any atom is 0.243 e. The van der Waals surface area contributed by atoms with Crippen molar-refractivity contribution in [1.82, 2.24) is 9.62 Å². The van der Waals surface area contributed by atoms with Crippen molar-refractivity contribution in [3.63, 3.8) is 0 Å². The van der Waals surface area contributed by atoms with Gasteiger partial charge < -0.3 is 10.1 Å². The summed E-state index contributed by atoms with van der Waals surface area (Å²) in [6.45, 7) is 6.07. The minimum Gasteiger partial charge on any atom is -0.380 e. The average Bonchev–Trinajstić information content (AvgIpc) is 2.44. The quantitative estimate of drug-likeness (QED) is 0.701. The maximum absolute atomic E-state index is 12.7. The third-order valence-corrected chi connectivity index (χ3v) is 5.07. The fraction of sp³-hybridized carbons (Fsp3) is 0.571. The second kappa shape index (κ2) is 8.36. The van der Waals surface area contributed by atoms with Crippen LogP contribution in [0.3, 0.4) is 0 Å². The summed E-state index contributed by atoms with van der Waals surface area (Å²) in [4.78, 5) is 0.368. The molecule has 114 valence electrons. The Balaban J connectivity index is 3.01. The highest BCUT2D eigenvalue weighted by Crippen LogP contribution is 2.20. The molecule has 0 saturated heterocycles. The van der Waals surface area contributed by atoms with Crippen LogP contribution in [0.1, 0.15) is 19.4 Å². The van der Waals surface area contributed by atoms with E-state index in [0.717, 1.165) is 5.56 Å². The largest absolute Gasteiger partial charge is 0.380 e. The molecule has 0 aliphatic rings. The topological polar surface area (TPSA) is 58.6 Å². The van der Waals surface area contributed by atoms with Gasteiger partial charge in [0.05, 0.1) is 11.5 Å². The Labute approximate surface area is 122 Å². The number of benzene rings is 1. The zero-order valence-electron chi connectivity index (χ0n) is 12.4. The van der Waals surface area contributed by atoms with Gasteiger partial charge in [0.1, 0.15) is 0 Å². The first-order valence-corrected chi connectivity index (χ1v) is 8.32. The number of likely N-dealkylation sites (N-methyl/N-ethyl adjacent to an activating group) is 1. The summed E-state index contributed by atoms with van der Waals surface area (Å²) >= 11 is 0. The molecule has 1 aromatic rings. The van der Waals surface area contributed by atoms with Crippen molar-refractivity contribution < 1.29 is 13.2 Å². The normalized spacial score (nSPS) is 12.0. The van der Waals surface area contributed by atoms with Crippen molar-refractivity contribution in [2.45, 2.75) is 25.3 Å². The lowest BCUT2D eigenvalue weighted by Gasteiger charge is -2.22. The molecule has 0 radical (unpaired) electrons. The minimum absolute atomic E-state index is 0.368. The monoisotopic (exact) mass is 300 g/mol. The number of rotatable bonds is 9. The number of sulfonamides is 1. The highest BCUT2D eigenvalue weighted by molar-refractivity contribution is 7.89. The number of nitrogens with one attached hydrogen (secondary N) is 1. The highest BCUT2D eigenvalue weighted by Gasteiger charge is 2.24. The maximum atomic E-state index is 12.7. The fourth-order valence-corrected chi connectivity index (χ4v) is 3.65. The van der Waals surface area contributed by atoms with E-state index in [1.807, 2.05) is 26.0 Å². The van der Waals surface area contributed by atoms with Gasteiger partial charge in [0, 0.05) is 26.2 Å². The first-order valence-electron chi connectivity index (χ1n) is 6.88. The second-order valence-corrected chi connectivity index (χ2v) is 6.24. The molecule has 0 amide bonds. The van der Waals surface area contributed by atoms with Gasteiger partial charge in [0.25, 0.3) is 0 Å². The van der Waals surface area contributed by atoms with Crippen molar-refractivity contribution in [3.8, 4) is 0 Å². The molecule has 0 aliphatic heterocycles. The lowest BCUT2D eigenvalue weighted by atomic mass is 10.2. The number of ether oxygens (including phenoxy) is 1. The van der Waals surface area contributed by atoms with Crippen molar-refractivity contribution >= 4 is 10.0 Å². The molecule has 1 N–H and O–H groups in total. The number of hydrogen-bond acceptors (Lipinski definition) is 4. The molecule has 0 atom stereocenters. The van der Waals surface area contributed by atoms with Gasteiger partial charge in [-0.1, -0.05) is 25.1 Å². The van der Waals surface area contributed by atoms with Crippen molar-refractivity contribution in [2.24, 2.45) is 0 Å². The molecule has 5 nitrogen and oxygen atoms in total. The molecule has 0 aliphatic carbocycles. The summed E-state index contributed by atoms with van der Waals surface area (Å²) in [7, 11) is -1.67. The highest BCUT2D eigenvalue weighted by atomic mass is 32.2. The van der Waals surface area contributed by atoms with E-state index < -0.39 is 10.0 Å². The summed E-state index contributed by atoms with van der Waals surface area (Å²) < 4.78 is 32.1. The van der Waals surface area contributed by atoms with Crippen molar-refractivity contribution in [2.75, 3.05) is 33.4 Å². The van der Waals surface area contributed by atoms with Crippen LogP contribution in [0.4, 0.5) is 0 Å². The lowest BCUT2D eigenvalue weighted by Crippen LogP contribution is -2.34. The average molecular weight is 300 g/mol. The van der Waals surface area contributed by atoms with E-state index in [2.05, 4.69) is 5.32 Å². The first-order chi connectivity index (χ1) is 9.57. The second-order valence-electron chi connectivity index (χ2n) is 4.33. The van der Waals surface area contributed by atoms with Crippen molar-refractivity contribution in [1.29, 1.82) is 0 Å². The van der Waals surface area contributed by atoms with Crippen LogP contribution in [0.15, 0.2) is 29.2 Å². The molecule has 20 heavy (non-hydrogen) atoms. The summed E-state index contributed by atoms with van der Waals surface area (Å²) in [6, 6.07) is 7.09. The van der Waals surface area contributed by atoms with Crippen LogP contribution in [0.5, 0.6) is 0 Å². The molecular weight excluding hydrogens is 276 g/mol. The zero-order valence-corrected chi connectivity index (χ0v) is 13.2. The summed E-state index contributed by atoms with van der Waals surface area (Å²) in [5, 5.41) is 3.00. The third-order valence-electron chi connectivity index (χ3n) is 3.00. The minimum atomic E-state index is -3.47. The van der Waals surface area contributed by atoms with E-state index in [9.17, 15) is 8.42 Å². The molecule has 1 aromatic carbocycles. The lowest BCUT2D eigenvalue weighted by molar-refractivity contribution is 0.135.